The fourth-order valence-electron chi connectivity index (χ4n) is 3.38. The Morgan fingerprint density at radius 3 is 1.42 bits per heavy atom. The van der Waals surface area contributed by atoms with Crippen molar-refractivity contribution in [3.63, 3.8) is 0 Å². The Bertz CT molecular complexity index is 1270. The van der Waals surface area contributed by atoms with Crippen LogP contribution in [0, 0.1) is 6.54 Å². The van der Waals surface area contributed by atoms with E-state index < -0.39 is 31.3 Å². The van der Waals surface area contributed by atoms with E-state index in [9.17, 15) is 26.3 Å². The second kappa shape index (κ2) is 28.3. The van der Waals surface area contributed by atoms with Crippen LogP contribution < -0.4 is 10.6 Å². The van der Waals surface area contributed by atoms with Crippen LogP contribution in [0.2, 0.25) is 0 Å². The van der Waals surface area contributed by atoms with Gasteiger partial charge < -0.3 is 29.5 Å². The average molecular weight is 897 g/mol. The topological polar surface area (TPSA) is 170 Å². The predicted molar refractivity (Wildman–Crippen MR) is 182 cm³/mol. The molecule has 0 fully saturated rings. The molecule has 0 heterocycles. The first kappa shape index (κ1) is 57.6. The average Bonchev–Trinajstić information content (AvgIpc) is 2.93. The van der Waals surface area contributed by atoms with Gasteiger partial charge in [0.05, 0.1) is 0 Å². The van der Waals surface area contributed by atoms with Crippen molar-refractivity contribution in [3.05, 3.63) is 41.4 Å². The van der Waals surface area contributed by atoms with Crippen LogP contribution in [0.5, 0.6) is 0 Å². The fourth-order valence-corrected chi connectivity index (χ4v) is 3.38. The molecule has 0 saturated heterocycles. The van der Waals surface area contributed by atoms with Crippen LogP contribution in [0.4, 0.5) is 26.3 Å². The summed E-state index contributed by atoms with van der Waals surface area (Å²) in [5, 5.41) is 6.98. The van der Waals surface area contributed by atoms with Gasteiger partial charge in [0.15, 0.2) is 20.2 Å². The number of nitrogens with one attached hydrogen (secondary N) is 2. The van der Waals surface area contributed by atoms with Crippen LogP contribution in [0.15, 0.2) is 28.2 Å². The third-order valence-corrected chi connectivity index (χ3v) is 7.08. The van der Waals surface area contributed by atoms with E-state index in [0.29, 0.717) is 0 Å². The molecule has 22 heteroatoms. The number of rotatable bonds is 18. The van der Waals surface area contributed by atoms with Crippen molar-refractivity contribution in [2.24, 2.45) is 9.98 Å². The number of aliphatic imine (C=N–C) groups is 2. The van der Waals surface area contributed by atoms with Gasteiger partial charge in [-0.25, -0.2) is 16.8 Å². The van der Waals surface area contributed by atoms with Gasteiger partial charge in [0.25, 0.3) is 0 Å². The van der Waals surface area contributed by atoms with Crippen molar-refractivity contribution in [1.82, 2.24) is 20.4 Å². The van der Waals surface area contributed by atoms with E-state index in [2.05, 4.69) is 104 Å². The number of nitrogens with zero attached hydrogens (tertiary/aromatic N) is 4. The maximum atomic E-state index is 10.7. The van der Waals surface area contributed by atoms with Gasteiger partial charge in [-0.2, -0.15) is 32.8 Å². The molecule has 0 atom stereocenters. The number of hydrogen-bond donors (Lipinski definition) is 2. The molecule has 0 aliphatic heterocycles. The molecule has 1 radical (unpaired) electrons. The van der Waals surface area contributed by atoms with Gasteiger partial charge in [-0.15, -0.1) is 0 Å². The molecule has 0 unspecified atom stereocenters. The molecule has 2 N–H and O–H groups in total. The van der Waals surface area contributed by atoms with Gasteiger partial charge in [0, 0.05) is 25.5 Å². The summed E-state index contributed by atoms with van der Waals surface area (Å²) in [5.74, 6) is 0. The predicted octanol–water partition coefficient (Wildman–Crippen LogP) is 3.94. The van der Waals surface area contributed by atoms with Crippen LogP contribution in [0.3, 0.4) is 0 Å². The SMILES string of the molecule is CN(C)[CH-]CCNCCCN=Cc1cc(C=NCCCNCCCN(C)C)cc(C(C)(C)C)c1.O=S(=O)([O-])C(F)(F)F.O=S(=O)([O-])C(F)(F)F.[Cu+2].[Cu+]. The molecule has 0 saturated carbocycles. The standard InChI is InChI=1S/C28H51N6.2CHF3O3S.2Cu/c1-28(2,3)27-21-25(23-31-14-8-12-29-16-10-18-33(4)5)20-26(22-27)24-32-15-9-13-30-17-11-19-34(6)7;2*2-1(3,4)8(5,6)7;;/h18,20-24,29-30H,8-17,19H2,1-7H3;2*(H,5,6,7);;/q-1;;;+1;+2/p-2. The molecule has 0 aliphatic carbocycles. The molecule has 12 nitrogen and oxygen atoms in total. The molecule has 0 aromatic heterocycles. The largest absolute Gasteiger partial charge is 2.00 e. The van der Waals surface area contributed by atoms with E-state index in [1.54, 1.807) is 0 Å². The van der Waals surface area contributed by atoms with E-state index in [0.717, 1.165) is 76.2 Å². The fraction of sp³-hybridized carbons (Fsp3) is 0.700. The molecule has 0 spiro atoms. The first-order valence-electron chi connectivity index (χ1n) is 15.4. The van der Waals surface area contributed by atoms with Crippen molar-refractivity contribution in [2.45, 2.75) is 62.9 Å². The molecule has 1 rings (SSSR count). The Morgan fingerprint density at radius 1 is 0.731 bits per heavy atom. The molecule has 0 aliphatic rings. The first-order valence-corrected chi connectivity index (χ1v) is 18.3. The quantitative estimate of drug-likeness (QED) is 0.0419. The third-order valence-electron chi connectivity index (χ3n) is 5.95. The minimum atomic E-state index is -6.09. The Labute approximate surface area is 326 Å². The second-order valence-electron chi connectivity index (χ2n) is 12.3. The molecule has 0 bridgehead atoms. The molecular weight excluding hydrogens is 846 g/mol. The molecule has 52 heavy (non-hydrogen) atoms. The zero-order valence-electron chi connectivity index (χ0n) is 30.2. The number of halogens is 6. The normalized spacial score (nSPS) is 12.6. The Kier molecular flexibility index (Phi) is 31.3. The minimum absolute atomic E-state index is 0. The molecule has 1 aromatic carbocycles. The smallest absolute Gasteiger partial charge is 0.741 e. The summed E-state index contributed by atoms with van der Waals surface area (Å²) >= 11 is 0. The van der Waals surface area contributed by atoms with Crippen LogP contribution in [0.1, 0.15) is 63.1 Å². The summed E-state index contributed by atoms with van der Waals surface area (Å²) in [7, 11) is -3.82. The second-order valence-corrected chi connectivity index (χ2v) is 15.0. The maximum absolute atomic E-state index is 10.7. The summed E-state index contributed by atoms with van der Waals surface area (Å²) in [6.07, 6.45) is 8.40. The zero-order chi connectivity index (χ0) is 39.2. The molecule has 1 aromatic rings. The van der Waals surface area contributed by atoms with Crippen LogP contribution in [-0.2, 0) is 59.8 Å². The monoisotopic (exact) mass is 895 g/mol. The first-order chi connectivity index (χ1) is 22.7. The van der Waals surface area contributed by atoms with Gasteiger partial charge in [-0.05, 0) is 120 Å². The van der Waals surface area contributed by atoms with E-state index in [4.69, 9.17) is 25.9 Å². The van der Waals surface area contributed by atoms with Crippen LogP contribution >= 0.6 is 0 Å². The Hall–Kier alpha value is -1.16. The molecule has 313 valence electrons. The van der Waals surface area contributed by atoms with E-state index in [1.165, 1.54) is 12.0 Å². The summed E-state index contributed by atoms with van der Waals surface area (Å²) in [5.41, 5.74) is -7.56. The summed E-state index contributed by atoms with van der Waals surface area (Å²) < 4.78 is 118. The number of hydrogen-bond acceptors (Lipinski definition) is 12. The van der Waals surface area contributed by atoms with Crippen molar-refractivity contribution < 1.29 is 86.4 Å². The summed E-state index contributed by atoms with van der Waals surface area (Å²) in [6.45, 7) is 15.9. The third kappa shape index (κ3) is 32.3. The van der Waals surface area contributed by atoms with Gasteiger partial charge in [-0.3, -0.25) is 16.5 Å². The molecular formula is C30H51Cu2F6N6O6S2. The Balaban J connectivity index is -0.000000530. The van der Waals surface area contributed by atoms with Gasteiger partial charge in [-0.1, -0.05) is 20.8 Å². The van der Waals surface area contributed by atoms with E-state index >= 15 is 0 Å². The van der Waals surface area contributed by atoms with Crippen LogP contribution in [-0.4, -0.2) is 133 Å². The van der Waals surface area contributed by atoms with Crippen molar-refractivity contribution >= 4 is 32.7 Å². The van der Waals surface area contributed by atoms with Gasteiger partial charge in [0.1, 0.15) is 0 Å². The zero-order valence-corrected chi connectivity index (χ0v) is 33.7. The van der Waals surface area contributed by atoms with Crippen LogP contribution in [0.25, 0.3) is 0 Å². The number of benzene rings is 1. The summed E-state index contributed by atoms with van der Waals surface area (Å²) in [6, 6.07) is 6.71. The minimum Gasteiger partial charge on any atom is -0.741 e. The van der Waals surface area contributed by atoms with Crippen molar-refractivity contribution in [3.8, 4) is 0 Å². The van der Waals surface area contributed by atoms with Gasteiger partial charge >= 0.3 is 45.2 Å². The van der Waals surface area contributed by atoms with Crippen molar-refractivity contribution in [2.75, 3.05) is 74.0 Å². The van der Waals surface area contributed by atoms with E-state index in [-0.39, 0.29) is 39.6 Å². The maximum Gasteiger partial charge on any atom is 2.00 e. The van der Waals surface area contributed by atoms with Gasteiger partial charge in [0.2, 0.25) is 0 Å². The number of alkyl halides is 6. The Morgan fingerprint density at radius 2 is 1.10 bits per heavy atom. The summed E-state index contributed by atoms with van der Waals surface area (Å²) in [4.78, 5) is 13.7. The molecule has 0 amide bonds. The van der Waals surface area contributed by atoms with E-state index in [1.807, 2.05) is 12.4 Å². The van der Waals surface area contributed by atoms with Crippen molar-refractivity contribution in [1.29, 1.82) is 0 Å².